The summed E-state index contributed by atoms with van der Waals surface area (Å²) < 4.78 is 28.6. The molecule has 0 bridgehead atoms. The van der Waals surface area contributed by atoms with Gasteiger partial charge in [0.15, 0.2) is 0 Å². The van der Waals surface area contributed by atoms with E-state index in [0.29, 0.717) is 5.69 Å². The molecule has 0 aliphatic heterocycles. The predicted molar refractivity (Wildman–Crippen MR) is 151 cm³/mol. The lowest BCUT2D eigenvalue weighted by Gasteiger charge is -2.32. The first-order valence-corrected chi connectivity index (χ1v) is 14.3. The number of carbonyl (C=O) groups is 2. The molecular weight excluding hydrogens is 498 g/mol. The van der Waals surface area contributed by atoms with Crippen LogP contribution in [0.15, 0.2) is 83.8 Å². The molecule has 2 unspecified atom stereocenters. The smallest absolute Gasteiger partial charge is 0.264 e. The van der Waals surface area contributed by atoms with E-state index in [4.69, 9.17) is 0 Å². The zero-order valence-corrected chi connectivity index (χ0v) is 23.5. The Morgan fingerprint density at radius 3 is 2.08 bits per heavy atom. The summed E-state index contributed by atoms with van der Waals surface area (Å²) in [5.74, 6) is -0.755. The Kier molecular flexibility index (Phi) is 9.69. The van der Waals surface area contributed by atoms with Crippen LogP contribution in [-0.4, -0.2) is 43.8 Å². The molecular formula is C30H37N3O4S. The Morgan fingerprint density at radius 2 is 1.47 bits per heavy atom. The topological polar surface area (TPSA) is 86.8 Å². The van der Waals surface area contributed by atoms with Crippen LogP contribution in [0.1, 0.15) is 43.9 Å². The molecule has 8 heteroatoms. The van der Waals surface area contributed by atoms with E-state index in [1.807, 2.05) is 52.0 Å². The standard InChI is InChI=1S/C30H37N3O4S/c1-6-24(4)31-30(35)25(5)32(20-26-13-11-10-12-23(26)3)29(34)21-33(27-18-16-22(2)17-19-27)38(36,37)28-14-8-7-9-15-28/h7-19,24-25H,6,20-21H2,1-5H3,(H,31,35). The van der Waals surface area contributed by atoms with Crippen molar-refractivity contribution < 1.29 is 18.0 Å². The monoisotopic (exact) mass is 535 g/mol. The van der Waals surface area contributed by atoms with Crippen LogP contribution >= 0.6 is 0 Å². The van der Waals surface area contributed by atoms with Crippen molar-refractivity contribution in [3.8, 4) is 0 Å². The molecule has 3 aromatic carbocycles. The predicted octanol–water partition coefficient (Wildman–Crippen LogP) is 4.83. The van der Waals surface area contributed by atoms with E-state index >= 15 is 0 Å². The molecule has 0 heterocycles. The van der Waals surface area contributed by atoms with Crippen LogP contribution in [0.5, 0.6) is 0 Å². The number of amides is 2. The van der Waals surface area contributed by atoms with Gasteiger partial charge in [-0.1, -0.05) is 67.1 Å². The first-order valence-electron chi connectivity index (χ1n) is 12.8. The molecule has 0 fully saturated rings. The maximum Gasteiger partial charge on any atom is 0.264 e. The number of carbonyl (C=O) groups excluding carboxylic acids is 2. The molecule has 0 saturated heterocycles. The number of aryl methyl sites for hydroxylation is 2. The minimum Gasteiger partial charge on any atom is -0.352 e. The van der Waals surface area contributed by atoms with E-state index in [1.54, 1.807) is 49.4 Å². The number of nitrogens with one attached hydrogen (secondary N) is 1. The van der Waals surface area contributed by atoms with Crippen LogP contribution in [0, 0.1) is 13.8 Å². The van der Waals surface area contributed by atoms with E-state index in [-0.39, 0.29) is 23.4 Å². The molecule has 38 heavy (non-hydrogen) atoms. The van der Waals surface area contributed by atoms with Crippen LogP contribution in [0.3, 0.4) is 0 Å². The number of hydrogen-bond acceptors (Lipinski definition) is 4. The Labute approximate surface area is 226 Å². The highest BCUT2D eigenvalue weighted by atomic mass is 32.2. The zero-order valence-electron chi connectivity index (χ0n) is 22.7. The van der Waals surface area contributed by atoms with Crippen LogP contribution in [0.25, 0.3) is 0 Å². The van der Waals surface area contributed by atoms with Gasteiger partial charge >= 0.3 is 0 Å². The summed E-state index contributed by atoms with van der Waals surface area (Å²) >= 11 is 0. The average Bonchev–Trinajstić information content (AvgIpc) is 2.91. The van der Waals surface area contributed by atoms with Gasteiger partial charge in [0.05, 0.1) is 10.6 Å². The molecule has 7 nitrogen and oxygen atoms in total. The molecule has 0 aliphatic rings. The van der Waals surface area contributed by atoms with Gasteiger partial charge in [0, 0.05) is 12.6 Å². The van der Waals surface area contributed by atoms with Crippen molar-refractivity contribution in [2.75, 3.05) is 10.8 Å². The summed E-state index contributed by atoms with van der Waals surface area (Å²) in [6, 6.07) is 21.8. The second kappa shape index (κ2) is 12.7. The van der Waals surface area contributed by atoms with Crippen molar-refractivity contribution in [2.45, 2.75) is 64.6 Å². The Balaban J connectivity index is 2.02. The second-order valence-corrected chi connectivity index (χ2v) is 11.5. The van der Waals surface area contributed by atoms with Crippen molar-refractivity contribution in [1.29, 1.82) is 0 Å². The molecule has 2 atom stereocenters. The number of hydrogen-bond donors (Lipinski definition) is 1. The molecule has 0 aliphatic carbocycles. The van der Waals surface area contributed by atoms with E-state index in [2.05, 4.69) is 5.32 Å². The van der Waals surface area contributed by atoms with Gasteiger partial charge in [-0.05, 0) is 69.5 Å². The molecule has 0 aromatic heterocycles. The Bertz CT molecular complexity index is 1340. The summed E-state index contributed by atoms with van der Waals surface area (Å²) in [6.07, 6.45) is 0.751. The highest BCUT2D eigenvalue weighted by Gasteiger charge is 2.32. The van der Waals surface area contributed by atoms with E-state index < -0.39 is 28.5 Å². The number of benzene rings is 3. The molecule has 0 spiro atoms. The fourth-order valence-corrected chi connectivity index (χ4v) is 5.41. The van der Waals surface area contributed by atoms with E-state index in [1.165, 1.54) is 17.0 Å². The van der Waals surface area contributed by atoms with Gasteiger partial charge < -0.3 is 10.2 Å². The molecule has 0 saturated carbocycles. The first kappa shape index (κ1) is 28.9. The molecule has 3 rings (SSSR count). The lowest BCUT2D eigenvalue weighted by atomic mass is 10.1. The number of anilines is 1. The van der Waals surface area contributed by atoms with Gasteiger partial charge in [0.1, 0.15) is 12.6 Å². The highest BCUT2D eigenvalue weighted by Crippen LogP contribution is 2.25. The summed E-state index contributed by atoms with van der Waals surface area (Å²) in [6.45, 7) is 9.13. The van der Waals surface area contributed by atoms with Gasteiger partial charge in [-0.2, -0.15) is 0 Å². The minimum atomic E-state index is -4.06. The van der Waals surface area contributed by atoms with Gasteiger partial charge in [0.25, 0.3) is 10.0 Å². The van der Waals surface area contributed by atoms with Crippen LogP contribution < -0.4 is 9.62 Å². The lowest BCUT2D eigenvalue weighted by Crippen LogP contribution is -2.52. The normalized spacial score (nSPS) is 12.9. The molecule has 3 aromatic rings. The lowest BCUT2D eigenvalue weighted by molar-refractivity contribution is -0.139. The molecule has 1 N–H and O–H groups in total. The number of nitrogens with zero attached hydrogens (tertiary/aromatic N) is 2. The van der Waals surface area contributed by atoms with Gasteiger partial charge in [-0.3, -0.25) is 13.9 Å². The summed E-state index contributed by atoms with van der Waals surface area (Å²) in [4.78, 5) is 28.6. The van der Waals surface area contributed by atoms with Crippen molar-refractivity contribution in [3.63, 3.8) is 0 Å². The van der Waals surface area contributed by atoms with Crippen molar-refractivity contribution in [3.05, 3.63) is 95.6 Å². The Hall–Kier alpha value is -3.65. The van der Waals surface area contributed by atoms with Gasteiger partial charge in [-0.25, -0.2) is 8.42 Å². The largest absolute Gasteiger partial charge is 0.352 e. The summed E-state index contributed by atoms with van der Waals surface area (Å²) in [5, 5.41) is 2.95. The van der Waals surface area contributed by atoms with Gasteiger partial charge in [-0.15, -0.1) is 0 Å². The fourth-order valence-electron chi connectivity index (χ4n) is 3.98. The highest BCUT2D eigenvalue weighted by molar-refractivity contribution is 7.92. The third kappa shape index (κ3) is 7.01. The third-order valence-electron chi connectivity index (χ3n) is 6.70. The van der Waals surface area contributed by atoms with Gasteiger partial charge in [0.2, 0.25) is 11.8 Å². The van der Waals surface area contributed by atoms with E-state index in [0.717, 1.165) is 27.4 Å². The summed E-state index contributed by atoms with van der Waals surface area (Å²) in [7, 11) is -4.06. The molecule has 0 radical (unpaired) electrons. The maximum atomic E-state index is 13.9. The number of rotatable bonds is 11. The SMILES string of the molecule is CCC(C)NC(=O)C(C)N(Cc1ccccc1C)C(=O)CN(c1ccc(C)cc1)S(=O)(=O)c1ccccc1. The molecule has 202 valence electrons. The second-order valence-electron chi connectivity index (χ2n) is 9.60. The Morgan fingerprint density at radius 1 is 0.868 bits per heavy atom. The van der Waals surface area contributed by atoms with Crippen molar-refractivity contribution >= 4 is 27.5 Å². The van der Waals surface area contributed by atoms with Crippen LogP contribution in [0.4, 0.5) is 5.69 Å². The van der Waals surface area contributed by atoms with E-state index in [9.17, 15) is 18.0 Å². The third-order valence-corrected chi connectivity index (χ3v) is 8.49. The van der Waals surface area contributed by atoms with Crippen LogP contribution in [-0.2, 0) is 26.2 Å². The first-order chi connectivity index (χ1) is 18.0. The fraction of sp³-hybridized carbons (Fsp3) is 0.333. The number of sulfonamides is 1. The zero-order chi connectivity index (χ0) is 27.9. The van der Waals surface area contributed by atoms with Crippen molar-refractivity contribution in [1.82, 2.24) is 10.2 Å². The quantitative estimate of drug-likeness (QED) is 0.381. The van der Waals surface area contributed by atoms with Crippen molar-refractivity contribution in [2.24, 2.45) is 0 Å². The minimum absolute atomic E-state index is 0.0529. The summed E-state index contributed by atoms with van der Waals surface area (Å²) in [5.41, 5.74) is 3.21. The van der Waals surface area contributed by atoms with Crippen LogP contribution in [0.2, 0.25) is 0 Å². The molecule has 2 amide bonds. The average molecular weight is 536 g/mol. The maximum absolute atomic E-state index is 13.9.